The van der Waals surface area contributed by atoms with E-state index in [9.17, 15) is 14.6 Å². The SMILES string of the molecule is Nc1ccc(C(O)C(O)CCCl)cc1F. The number of nitrogen functional groups attached to an aromatic ring is 1. The van der Waals surface area contributed by atoms with Crippen molar-refractivity contribution < 1.29 is 14.6 Å². The molecule has 1 rings (SSSR count). The number of nitrogens with two attached hydrogens (primary N) is 1. The van der Waals surface area contributed by atoms with E-state index in [1.807, 2.05) is 0 Å². The van der Waals surface area contributed by atoms with Gasteiger partial charge in [0.25, 0.3) is 0 Å². The molecule has 0 aliphatic rings. The van der Waals surface area contributed by atoms with Gasteiger partial charge in [-0.2, -0.15) is 0 Å². The van der Waals surface area contributed by atoms with Gasteiger partial charge in [0.15, 0.2) is 0 Å². The van der Waals surface area contributed by atoms with E-state index in [0.29, 0.717) is 5.56 Å². The minimum Gasteiger partial charge on any atom is -0.396 e. The Balaban J connectivity index is 2.81. The largest absolute Gasteiger partial charge is 0.396 e. The second-order valence-electron chi connectivity index (χ2n) is 3.27. The first-order valence-corrected chi connectivity index (χ1v) is 5.06. The molecule has 0 aliphatic heterocycles. The van der Waals surface area contributed by atoms with Crippen molar-refractivity contribution in [1.82, 2.24) is 0 Å². The highest BCUT2D eigenvalue weighted by molar-refractivity contribution is 6.17. The first kappa shape index (κ1) is 12.2. The summed E-state index contributed by atoms with van der Waals surface area (Å²) < 4.78 is 13.0. The van der Waals surface area contributed by atoms with Crippen molar-refractivity contribution in [1.29, 1.82) is 0 Å². The molecule has 0 amide bonds. The molecule has 0 saturated heterocycles. The summed E-state index contributed by atoms with van der Waals surface area (Å²) in [6.45, 7) is 0. The number of aliphatic hydroxyl groups is 2. The van der Waals surface area contributed by atoms with E-state index in [4.69, 9.17) is 17.3 Å². The predicted molar refractivity (Wildman–Crippen MR) is 57.1 cm³/mol. The molecule has 84 valence electrons. The lowest BCUT2D eigenvalue weighted by Gasteiger charge is -2.17. The summed E-state index contributed by atoms with van der Waals surface area (Å²) in [5, 5.41) is 19.1. The molecule has 1 aromatic rings. The van der Waals surface area contributed by atoms with Gasteiger partial charge in [0.2, 0.25) is 0 Å². The van der Waals surface area contributed by atoms with Crippen LogP contribution in [-0.4, -0.2) is 22.2 Å². The Morgan fingerprint density at radius 2 is 2.07 bits per heavy atom. The van der Waals surface area contributed by atoms with Crippen LogP contribution in [0.2, 0.25) is 0 Å². The number of aliphatic hydroxyl groups excluding tert-OH is 2. The zero-order valence-electron chi connectivity index (χ0n) is 8.03. The lowest BCUT2D eigenvalue weighted by Crippen LogP contribution is -2.18. The molecule has 4 N–H and O–H groups in total. The lowest BCUT2D eigenvalue weighted by atomic mass is 10.0. The van der Waals surface area contributed by atoms with Gasteiger partial charge < -0.3 is 15.9 Å². The summed E-state index contributed by atoms with van der Waals surface area (Å²) in [6, 6.07) is 3.93. The number of rotatable bonds is 4. The Morgan fingerprint density at radius 1 is 1.40 bits per heavy atom. The van der Waals surface area contributed by atoms with Crippen LogP contribution < -0.4 is 5.73 Å². The van der Waals surface area contributed by atoms with Gasteiger partial charge in [-0.05, 0) is 24.1 Å². The molecule has 0 radical (unpaired) electrons. The maximum absolute atomic E-state index is 13.0. The van der Waals surface area contributed by atoms with Gasteiger partial charge in [0.05, 0.1) is 11.8 Å². The van der Waals surface area contributed by atoms with Crippen molar-refractivity contribution in [2.75, 3.05) is 11.6 Å². The summed E-state index contributed by atoms with van der Waals surface area (Å²) in [4.78, 5) is 0. The maximum Gasteiger partial charge on any atom is 0.146 e. The average Bonchev–Trinajstić information content (AvgIpc) is 2.21. The molecule has 15 heavy (non-hydrogen) atoms. The van der Waals surface area contributed by atoms with Crippen LogP contribution in [0.5, 0.6) is 0 Å². The average molecular weight is 234 g/mol. The van der Waals surface area contributed by atoms with Crippen molar-refractivity contribution in [2.24, 2.45) is 0 Å². The summed E-state index contributed by atoms with van der Waals surface area (Å²) >= 11 is 5.42. The Kier molecular flexibility index (Phi) is 4.32. The third kappa shape index (κ3) is 3.06. The first-order valence-electron chi connectivity index (χ1n) is 4.53. The fourth-order valence-corrected chi connectivity index (χ4v) is 1.44. The zero-order chi connectivity index (χ0) is 11.4. The van der Waals surface area contributed by atoms with Gasteiger partial charge in [0, 0.05) is 5.88 Å². The van der Waals surface area contributed by atoms with E-state index in [1.54, 1.807) is 0 Å². The van der Waals surface area contributed by atoms with Crippen LogP contribution in [0.4, 0.5) is 10.1 Å². The van der Waals surface area contributed by atoms with Crippen LogP contribution in [0, 0.1) is 5.82 Å². The van der Waals surface area contributed by atoms with Crippen LogP contribution in [0.15, 0.2) is 18.2 Å². The van der Waals surface area contributed by atoms with E-state index in [2.05, 4.69) is 0 Å². The molecule has 0 heterocycles. The summed E-state index contributed by atoms with van der Waals surface area (Å²) in [6.07, 6.45) is -1.89. The van der Waals surface area contributed by atoms with Crippen molar-refractivity contribution in [3.63, 3.8) is 0 Å². The molecule has 2 atom stereocenters. The Labute approximate surface area is 92.3 Å². The van der Waals surface area contributed by atoms with Gasteiger partial charge in [-0.1, -0.05) is 6.07 Å². The van der Waals surface area contributed by atoms with Crippen molar-refractivity contribution in [2.45, 2.75) is 18.6 Å². The molecule has 0 saturated carbocycles. The second kappa shape index (κ2) is 5.30. The molecule has 5 heteroatoms. The summed E-state index contributed by atoms with van der Waals surface area (Å²) in [7, 11) is 0. The third-order valence-electron chi connectivity index (χ3n) is 2.14. The fraction of sp³-hybridized carbons (Fsp3) is 0.400. The minimum absolute atomic E-state index is 0.0118. The van der Waals surface area contributed by atoms with E-state index < -0.39 is 18.0 Å². The Morgan fingerprint density at radius 3 is 2.60 bits per heavy atom. The van der Waals surface area contributed by atoms with Gasteiger partial charge in [-0.15, -0.1) is 11.6 Å². The molecule has 0 bridgehead atoms. The molecular weight excluding hydrogens is 221 g/mol. The first-order chi connectivity index (χ1) is 7.06. The number of halogens is 2. The normalized spacial score (nSPS) is 14.9. The fourth-order valence-electron chi connectivity index (χ4n) is 1.22. The monoisotopic (exact) mass is 233 g/mol. The molecule has 1 aromatic carbocycles. The number of benzene rings is 1. The molecular formula is C10H13ClFNO2. The minimum atomic E-state index is -1.14. The van der Waals surface area contributed by atoms with E-state index in [0.717, 1.165) is 6.07 Å². The zero-order valence-corrected chi connectivity index (χ0v) is 8.78. The topological polar surface area (TPSA) is 66.5 Å². The predicted octanol–water partition coefficient (Wildman–Crippen LogP) is 1.43. The summed E-state index contributed by atoms with van der Waals surface area (Å²) in [5.74, 6) is -0.375. The molecule has 0 aromatic heterocycles. The molecule has 0 fully saturated rings. The summed E-state index contributed by atoms with van der Waals surface area (Å²) in [5.41, 5.74) is 5.59. The Bertz CT molecular complexity index is 335. The molecule has 0 aliphatic carbocycles. The standard InChI is InChI=1S/C10H13ClFNO2/c11-4-3-9(14)10(15)6-1-2-8(13)7(12)5-6/h1-2,5,9-10,14-15H,3-4,13H2. The van der Waals surface area contributed by atoms with E-state index in [1.165, 1.54) is 12.1 Å². The van der Waals surface area contributed by atoms with E-state index >= 15 is 0 Å². The molecule has 0 spiro atoms. The van der Waals surface area contributed by atoms with Crippen LogP contribution in [0.25, 0.3) is 0 Å². The third-order valence-corrected chi connectivity index (χ3v) is 2.35. The van der Waals surface area contributed by atoms with Gasteiger partial charge in [0.1, 0.15) is 11.9 Å². The number of alkyl halides is 1. The Hall–Kier alpha value is -0.840. The van der Waals surface area contributed by atoms with Gasteiger partial charge in [-0.25, -0.2) is 4.39 Å². The van der Waals surface area contributed by atoms with Crippen LogP contribution in [0.3, 0.4) is 0 Å². The van der Waals surface area contributed by atoms with Crippen molar-refractivity contribution >= 4 is 17.3 Å². The van der Waals surface area contributed by atoms with Gasteiger partial charge >= 0.3 is 0 Å². The van der Waals surface area contributed by atoms with Crippen molar-refractivity contribution in [3.05, 3.63) is 29.6 Å². The van der Waals surface area contributed by atoms with Crippen LogP contribution in [-0.2, 0) is 0 Å². The van der Waals surface area contributed by atoms with Crippen molar-refractivity contribution in [3.8, 4) is 0 Å². The number of anilines is 1. The van der Waals surface area contributed by atoms with Gasteiger partial charge in [-0.3, -0.25) is 0 Å². The molecule has 2 unspecified atom stereocenters. The highest BCUT2D eigenvalue weighted by atomic mass is 35.5. The smallest absolute Gasteiger partial charge is 0.146 e. The van der Waals surface area contributed by atoms with Crippen LogP contribution >= 0.6 is 11.6 Å². The lowest BCUT2D eigenvalue weighted by molar-refractivity contribution is 0.0168. The number of hydrogen-bond acceptors (Lipinski definition) is 3. The quantitative estimate of drug-likeness (QED) is 0.545. The van der Waals surface area contributed by atoms with Crippen LogP contribution in [0.1, 0.15) is 18.1 Å². The number of hydrogen-bond donors (Lipinski definition) is 3. The van der Waals surface area contributed by atoms with E-state index in [-0.39, 0.29) is 18.0 Å². The maximum atomic E-state index is 13.0. The molecule has 3 nitrogen and oxygen atoms in total. The second-order valence-corrected chi connectivity index (χ2v) is 3.65. The highest BCUT2D eigenvalue weighted by Gasteiger charge is 2.18. The highest BCUT2D eigenvalue weighted by Crippen LogP contribution is 2.22.